The lowest BCUT2D eigenvalue weighted by Gasteiger charge is -2.20. The van der Waals surface area contributed by atoms with Crippen molar-refractivity contribution in [2.24, 2.45) is 11.7 Å². The van der Waals surface area contributed by atoms with Crippen LogP contribution in [-0.2, 0) is 0 Å². The first-order valence-corrected chi connectivity index (χ1v) is 5.94. The van der Waals surface area contributed by atoms with Gasteiger partial charge >= 0.3 is 6.36 Å². The van der Waals surface area contributed by atoms with E-state index in [0.29, 0.717) is 5.56 Å². The molecule has 0 aliphatic heterocycles. The predicted molar refractivity (Wildman–Crippen MR) is 64.1 cm³/mol. The van der Waals surface area contributed by atoms with Gasteiger partial charge in [0.05, 0.1) is 0 Å². The van der Waals surface area contributed by atoms with E-state index in [-0.39, 0.29) is 17.7 Å². The van der Waals surface area contributed by atoms with Crippen molar-refractivity contribution in [3.05, 3.63) is 29.8 Å². The summed E-state index contributed by atoms with van der Waals surface area (Å²) in [6.07, 6.45) is -2.74. The van der Waals surface area contributed by atoms with Crippen LogP contribution in [0.5, 0.6) is 5.75 Å². The molecule has 0 aliphatic carbocycles. The Hall–Kier alpha value is -1.23. The summed E-state index contributed by atoms with van der Waals surface area (Å²) in [5, 5.41) is 0. The molecule has 2 N–H and O–H groups in total. The first-order valence-electron chi connectivity index (χ1n) is 5.94. The van der Waals surface area contributed by atoms with Gasteiger partial charge in [-0.15, -0.1) is 13.2 Å². The lowest BCUT2D eigenvalue weighted by molar-refractivity contribution is -0.274. The number of nitrogens with two attached hydrogens (primary N) is 1. The molecule has 0 heterocycles. The van der Waals surface area contributed by atoms with Crippen LogP contribution in [0.15, 0.2) is 24.3 Å². The smallest absolute Gasteiger partial charge is 0.406 e. The zero-order valence-electron chi connectivity index (χ0n) is 10.5. The molecule has 0 amide bonds. The van der Waals surface area contributed by atoms with Gasteiger partial charge in [-0.3, -0.25) is 0 Å². The third-order valence-electron chi connectivity index (χ3n) is 2.83. The van der Waals surface area contributed by atoms with Crippen molar-refractivity contribution < 1.29 is 17.9 Å². The maximum absolute atomic E-state index is 12.1. The number of rotatable bonds is 5. The molecule has 0 aromatic heterocycles. The Morgan fingerprint density at radius 2 is 2.00 bits per heavy atom. The van der Waals surface area contributed by atoms with Gasteiger partial charge in [-0.25, -0.2) is 0 Å². The van der Waals surface area contributed by atoms with Gasteiger partial charge in [-0.2, -0.15) is 0 Å². The highest BCUT2D eigenvalue weighted by atomic mass is 19.4. The van der Waals surface area contributed by atoms with Crippen molar-refractivity contribution in [1.29, 1.82) is 0 Å². The van der Waals surface area contributed by atoms with E-state index in [2.05, 4.69) is 4.74 Å². The summed E-state index contributed by atoms with van der Waals surface area (Å²) in [7, 11) is 0. The molecular weight excluding hydrogens is 243 g/mol. The Kier molecular flexibility index (Phi) is 5.02. The van der Waals surface area contributed by atoms with Crippen molar-refractivity contribution in [2.75, 3.05) is 0 Å². The lowest BCUT2D eigenvalue weighted by atomic mass is 9.92. The van der Waals surface area contributed by atoms with Crippen molar-refractivity contribution in [3.63, 3.8) is 0 Å². The molecule has 5 heteroatoms. The molecule has 0 saturated carbocycles. The quantitative estimate of drug-likeness (QED) is 0.868. The van der Waals surface area contributed by atoms with Crippen LogP contribution in [0.2, 0.25) is 0 Å². The number of hydrogen-bond acceptors (Lipinski definition) is 2. The molecule has 0 spiro atoms. The predicted octanol–water partition coefficient (Wildman–Crippen LogP) is 4.02. The second kappa shape index (κ2) is 6.09. The normalized spacial score (nSPS) is 15.2. The molecule has 102 valence electrons. The Balaban J connectivity index is 2.81. The fourth-order valence-electron chi connectivity index (χ4n) is 1.88. The van der Waals surface area contributed by atoms with Crippen LogP contribution >= 0.6 is 0 Å². The second-order valence-corrected chi connectivity index (χ2v) is 4.41. The summed E-state index contributed by atoms with van der Waals surface area (Å²) in [5.74, 6) is -0.00437. The Morgan fingerprint density at radius 1 is 1.33 bits per heavy atom. The molecule has 0 fully saturated rings. The van der Waals surface area contributed by atoms with E-state index >= 15 is 0 Å². The van der Waals surface area contributed by atoms with Gasteiger partial charge < -0.3 is 10.5 Å². The van der Waals surface area contributed by atoms with E-state index < -0.39 is 6.36 Å². The molecule has 2 nitrogen and oxygen atoms in total. The molecule has 2 unspecified atom stereocenters. The molecule has 1 rings (SSSR count). The molecule has 0 radical (unpaired) electrons. The minimum atomic E-state index is -4.67. The number of ether oxygens (including phenoxy) is 1. The third-order valence-corrected chi connectivity index (χ3v) is 2.83. The first kappa shape index (κ1) is 14.8. The Labute approximate surface area is 105 Å². The van der Waals surface area contributed by atoms with Crippen LogP contribution in [0.3, 0.4) is 0 Å². The van der Waals surface area contributed by atoms with E-state index in [1.807, 2.05) is 13.8 Å². The van der Waals surface area contributed by atoms with Crippen molar-refractivity contribution in [1.82, 2.24) is 0 Å². The number of alkyl halides is 3. The highest BCUT2D eigenvalue weighted by Gasteiger charge is 2.31. The molecule has 1 aromatic rings. The van der Waals surface area contributed by atoms with Crippen molar-refractivity contribution in [3.8, 4) is 5.75 Å². The number of benzene rings is 1. The van der Waals surface area contributed by atoms with Gasteiger partial charge in [0.1, 0.15) is 5.75 Å². The topological polar surface area (TPSA) is 35.2 Å². The maximum atomic E-state index is 12.1. The third kappa shape index (κ3) is 4.56. The Bertz CT molecular complexity index is 379. The van der Waals surface area contributed by atoms with E-state index in [9.17, 15) is 13.2 Å². The van der Waals surface area contributed by atoms with Gasteiger partial charge in [0.15, 0.2) is 0 Å². The average Bonchev–Trinajstić information content (AvgIpc) is 2.26. The molecule has 0 aliphatic rings. The fraction of sp³-hybridized carbons (Fsp3) is 0.538. The fourth-order valence-corrected chi connectivity index (χ4v) is 1.88. The van der Waals surface area contributed by atoms with Gasteiger partial charge in [0.25, 0.3) is 0 Å². The molecule has 18 heavy (non-hydrogen) atoms. The molecule has 1 aromatic carbocycles. The summed E-state index contributed by atoms with van der Waals surface area (Å²) >= 11 is 0. The minimum absolute atomic E-state index is 0.219. The van der Waals surface area contributed by atoms with Crippen LogP contribution in [0, 0.1) is 5.92 Å². The highest BCUT2D eigenvalue weighted by Crippen LogP contribution is 2.28. The van der Waals surface area contributed by atoms with E-state index in [4.69, 9.17) is 5.73 Å². The summed E-state index contributed by atoms with van der Waals surface area (Å²) in [6, 6.07) is 5.59. The van der Waals surface area contributed by atoms with Crippen molar-refractivity contribution >= 4 is 0 Å². The van der Waals surface area contributed by atoms with Gasteiger partial charge in [-0.1, -0.05) is 32.4 Å². The van der Waals surface area contributed by atoms with E-state index in [0.717, 1.165) is 12.8 Å². The largest absolute Gasteiger partial charge is 0.573 e. The Morgan fingerprint density at radius 3 is 2.56 bits per heavy atom. The molecule has 0 saturated heterocycles. The van der Waals surface area contributed by atoms with Gasteiger partial charge in [0.2, 0.25) is 0 Å². The van der Waals surface area contributed by atoms with Crippen LogP contribution in [0.4, 0.5) is 13.2 Å². The maximum Gasteiger partial charge on any atom is 0.573 e. The minimum Gasteiger partial charge on any atom is -0.406 e. The summed E-state index contributed by atoms with van der Waals surface area (Å²) in [4.78, 5) is 0. The SMILES string of the molecule is CCCC(C)C(N)c1cccc(OC(F)(F)F)c1. The standard InChI is InChI=1S/C13H18F3NO/c1-3-5-9(2)12(17)10-6-4-7-11(8-10)18-13(14,15)16/h4,6-9,12H,3,5,17H2,1-2H3. The lowest BCUT2D eigenvalue weighted by Crippen LogP contribution is -2.20. The summed E-state index contributed by atoms with van der Waals surface area (Å²) in [5.41, 5.74) is 6.68. The molecular formula is C13H18F3NO. The van der Waals surface area contributed by atoms with Gasteiger partial charge in [0, 0.05) is 6.04 Å². The highest BCUT2D eigenvalue weighted by molar-refractivity contribution is 5.30. The molecule has 2 atom stereocenters. The zero-order chi connectivity index (χ0) is 13.8. The first-order chi connectivity index (χ1) is 8.33. The molecule has 0 bridgehead atoms. The number of halogens is 3. The summed E-state index contributed by atoms with van der Waals surface area (Å²) in [6.45, 7) is 4.04. The van der Waals surface area contributed by atoms with E-state index in [1.165, 1.54) is 18.2 Å². The second-order valence-electron chi connectivity index (χ2n) is 4.41. The average molecular weight is 261 g/mol. The van der Waals surface area contributed by atoms with Crippen molar-refractivity contribution in [2.45, 2.75) is 39.1 Å². The van der Waals surface area contributed by atoms with Gasteiger partial charge in [-0.05, 0) is 30.0 Å². The summed E-state index contributed by atoms with van der Waals surface area (Å²) < 4.78 is 40.2. The van der Waals surface area contributed by atoms with Crippen LogP contribution in [-0.4, -0.2) is 6.36 Å². The van der Waals surface area contributed by atoms with Crippen LogP contribution in [0.25, 0.3) is 0 Å². The number of hydrogen-bond donors (Lipinski definition) is 1. The zero-order valence-corrected chi connectivity index (χ0v) is 10.5. The van der Waals surface area contributed by atoms with Crippen LogP contribution < -0.4 is 10.5 Å². The monoisotopic (exact) mass is 261 g/mol. The van der Waals surface area contributed by atoms with Crippen LogP contribution in [0.1, 0.15) is 38.3 Å². The van der Waals surface area contributed by atoms with E-state index in [1.54, 1.807) is 6.07 Å².